The molecule has 0 atom stereocenters. The van der Waals surface area contributed by atoms with Gasteiger partial charge in [0.2, 0.25) is 0 Å². The molecule has 0 aliphatic rings. The van der Waals surface area contributed by atoms with Crippen LogP contribution in [0.2, 0.25) is 0 Å². The molecule has 1 aromatic heterocycles. The third-order valence-electron chi connectivity index (χ3n) is 1.67. The number of halogens is 1. The zero-order valence-electron chi connectivity index (χ0n) is 6.99. The second-order valence-electron chi connectivity index (χ2n) is 2.73. The zero-order chi connectivity index (χ0) is 9.26. The summed E-state index contributed by atoms with van der Waals surface area (Å²) < 4.78 is 0.823. The molecule has 66 valence electrons. The summed E-state index contributed by atoms with van der Waals surface area (Å²) in [6.07, 6.45) is 0. The Morgan fingerprint density at radius 3 is 2.77 bits per heavy atom. The fraction of sp³-hybridized carbons (Fsp3) is 0.111. The van der Waals surface area contributed by atoms with Gasteiger partial charge in [0.1, 0.15) is 5.01 Å². The van der Waals surface area contributed by atoms with Crippen molar-refractivity contribution in [2.45, 2.75) is 6.92 Å². The third-order valence-corrected chi connectivity index (χ3v) is 3.07. The summed E-state index contributed by atoms with van der Waals surface area (Å²) in [5.74, 6) is 0. The Morgan fingerprint density at radius 1 is 1.31 bits per heavy atom. The summed E-state index contributed by atoms with van der Waals surface area (Å²) in [6, 6.07) is 8.24. The Morgan fingerprint density at radius 2 is 2.15 bits per heavy atom. The highest BCUT2D eigenvalue weighted by Gasteiger charge is 2.03. The fourth-order valence-electron chi connectivity index (χ4n) is 1.10. The van der Waals surface area contributed by atoms with Crippen molar-refractivity contribution in [3.05, 3.63) is 33.7 Å². The van der Waals surface area contributed by atoms with Crippen molar-refractivity contribution in [1.29, 1.82) is 0 Å². The number of aryl methyl sites for hydroxylation is 1. The molecule has 0 N–H and O–H groups in total. The summed E-state index contributed by atoms with van der Waals surface area (Å²) in [5, 5.41) is 8.91. The molecule has 0 radical (unpaired) electrons. The number of hydrogen-bond acceptors (Lipinski definition) is 3. The minimum absolute atomic E-state index is 0.823. The number of aromatic nitrogens is 2. The highest BCUT2D eigenvalue weighted by molar-refractivity contribution is 9.11. The highest BCUT2D eigenvalue weighted by Crippen LogP contribution is 2.26. The van der Waals surface area contributed by atoms with Gasteiger partial charge in [-0.2, -0.15) is 0 Å². The average molecular weight is 255 g/mol. The van der Waals surface area contributed by atoms with E-state index >= 15 is 0 Å². The molecule has 0 spiro atoms. The van der Waals surface area contributed by atoms with Crippen molar-refractivity contribution >= 4 is 27.3 Å². The summed E-state index contributed by atoms with van der Waals surface area (Å²) in [5.41, 5.74) is 2.37. The van der Waals surface area contributed by atoms with Gasteiger partial charge < -0.3 is 0 Å². The van der Waals surface area contributed by atoms with E-state index in [0.29, 0.717) is 0 Å². The van der Waals surface area contributed by atoms with Crippen LogP contribution in [0.4, 0.5) is 0 Å². The number of benzene rings is 1. The lowest BCUT2D eigenvalue weighted by atomic mass is 10.1. The predicted octanol–water partition coefficient (Wildman–Crippen LogP) is 3.28. The Labute approximate surface area is 88.8 Å². The van der Waals surface area contributed by atoms with Gasteiger partial charge in [0.15, 0.2) is 3.92 Å². The van der Waals surface area contributed by atoms with E-state index in [1.807, 2.05) is 12.1 Å². The first-order chi connectivity index (χ1) is 6.25. The molecule has 2 aromatic rings. The van der Waals surface area contributed by atoms with E-state index in [0.717, 1.165) is 14.5 Å². The first-order valence-corrected chi connectivity index (χ1v) is 5.43. The summed E-state index contributed by atoms with van der Waals surface area (Å²) >= 11 is 4.84. The van der Waals surface area contributed by atoms with Gasteiger partial charge in [-0.1, -0.05) is 35.1 Å². The van der Waals surface area contributed by atoms with Gasteiger partial charge in [0.25, 0.3) is 0 Å². The molecule has 0 saturated carbocycles. The number of rotatable bonds is 1. The minimum Gasteiger partial charge on any atom is -0.137 e. The van der Waals surface area contributed by atoms with Gasteiger partial charge >= 0.3 is 0 Å². The lowest BCUT2D eigenvalue weighted by molar-refractivity contribution is 1.07. The molecule has 4 heteroatoms. The van der Waals surface area contributed by atoms with Crippen molar-refractivity contribution < 1.29 is 0 Å². The van der Waals surface area contributed by atoms with Crippen molar-refractivity contribution in [2.24, 2.45) is 0 Å². The topological polar surface area (TPSA) is 25.8 Å². The lowest BCUT2D eigenvalue weighted by Gasteiger charge is -1.95. The first kappa shape index (κ1) is 8.84. The van der Waals surface area contributed by atoms with Gasteiger partial charge in [-0.15, -0.1) is 10.2 Å². The normalized spacial score (nSPS) is 10.3. The van der Waals surface area contributed by atoms with Crippen LogP contribution in [0.5, 0.6) is 0 Å². The van der Waals surface area contributed by atoms with E-state index in [1.54, 1.807) is 11.3 Å². The smallest absolute Gasteiger partial charge is 0.137 e. The monoisotopic (exact) mass is 254 g/mol. The predicted molar refractivity (Wildman–Crippen MR) is 57.8 cm³/mol. The van der Waals surface area contributed by atoms with Crippen LogP contribution in [-0.4, -0.2) is 10.2 Å². The van der Waals surface area contributed by atoms with Crippen LogP contribution in [0, 0.1) is 6.92 Å². The molecule has 1 aromatic carbocycles. The van der Waals surface area contributed by atoms with Gasteiger partial charge in [-0.25, -0.2) is 0 Å². The average Bonchev–Trinajstić information content (AvgIpc) is 2.52. The van der Waals surface area contributed by atoms with E-state index in [2.05, 4.69) is 45.2 Å². The van der Waals surface area contributed by atoms with Crippen molar-refractivity contribution in [1.82, 2.24) is 10.2 Å². The molecule has 0 fully saturated rings. The van der Waals surface area contributed by atoms with Crippen LogP contribution in [0.25, 0.3) is 10.6 Å². The van der Waals surface area contributed by atoms with E-state index in [1.165, 1.54) is 5.56 Å². The van der Waals surface area contributed by atoms with Gasteiger partial charge in [0.05, 0.1) is 0 Å². The molecule has 0 unspecified atom stereocenters. The Kier molecular flexibility index (Phi) is 2.42. The fourth-order valence-corrected chi connectivity index (χ4v) is 2.21. The van der Waals surface area contributed by atoms with Crippen LogP contribution in [0.3, 0.4) is 0 Å². The summed E-state index contributed by atoms with van der Waals surface area (Å²) in [6.45, 7) is 2.07. The van der Waals surface area contributed by atoms with E-state index in [-0.39, 0.29) is 0 Å². The second-order valence-corrected chi connectivity index (χ2v) is 4.98. The Balaban J connectivity index is 2.46. The first-order valence-electron chi connectivity index (χ1n) is 3.82. The van der Waals surface area contributed by atoms with Crippen molar-refractivity contribution in [2.75, 3.05) is 0 Å². The SMILES string of the molecule is Cc1cccc(-c2nnc(Br)s2)c1. The van der Waals surface area contributed by atoms with Crippen LogP contribution in [0.1, 0.15) is 5.56 Å². The molecule has 2 nitrogen and oxygen atoms in total. The molecule has 0 bridgehead atoms. The number of hydrogen-bond donors (Lipinski definition) is 0. The standard InChI is InChI=1S/C9H7BrN2S/c1-6-3-2-4-7(5-6)8-11-12-9(10)13-8/h2-5H,1H3. The largest absolute Gasteiger partial charge is 0.183 e. The zero-order valence-corrected chi connectivity index (χ0v) is 9.39. The molecule has 0 aliphatic carbocycles. The molecule has 2 rings (SSSR count). The second kappa shape index (κ2) is 3.55. The van der Waals surface area contributed by atoms with Gasteiger partial charge in [0, 0.05) is 5.56 Å². The van der Waals surface area contributed by atoms with Crippen molar-refractivity contribution in [3.8, 4) is 10.6 Å². The van der Waals surface area contributed by atoms with Crippen LogP contribution < -0.4 is 0 Å². The highest BCUT2D eigenvalue weighted by atomic mass is 79.9. The van der Waals surface area contributed by atoms with E-state index in [9.17, 15) is 0 Å². The maximum absolute atomic E-state index is 4.05. The molecule has 1 heterocycles. The molecule has 0 amide bonds. The minimum atomic E-state index is 0.823. The van der Waals surface area contributed by atoms with E-state index < -0.39 is 0 Å². The molecule has 13 heavy (non-hydrogen) atoms. The molecule has 0 aliphatic heterocycles. The van der Waals surface area contributed by atoms with Crippen LogP contribution in [-0.2, 0) is 0 Å². The van der Waals surface area contributed by atoms with Crippen LogP contribution in [0.15, 0.2) is 28.2 Å². The maximum atomic E-state index is 4.05. The van der Waals surface area contributed by atoms with Crippen molar-refractivity contribution in [3.63, 3.8) is 0 Å². The van der Waals surface area contributed by atoms with Gasteiger partial charge in [-0.3, -0.25) is 0 Å². The van der Waals surface area contributed by atoms with E-state index in [4.69, 9.17) is 0 Å². The molecule has 0 saturated heterocycles. The summed E-state index contributed by atoms with van der Waals surface area (Å²) in [7, 11) is 0. The van der Waals surface area contributed by atoms with Gasteiger partial charge in [-0.05, 0) is 28.9 Å². The van der Waals surface area contributed by atoms with Crippen LogP contribution >= 0.6 is 27.3 Å². The molecular weight excluding hydrogens is 248 g/mol. The molecular formula is C9H7BrN2S. The Hall–Kier alpha value is -0.740. The third kappa shape index (κ3) is 1.95. The summed E-state index contributed by atoms with van der Waals surface area (Å²) in [4.78, 5) is 0. The quantitative estimate of drug-likeness (QED) is 0.781. The lowest BCUT2D eigenvalue weighted by Crippen LogP contribution is -1.77. The Bertz CT molecular complexity index is 425. The number of nitrogens with zero attached hydrogens (tertiary/aromatic N) is 2. The maximum Gasteiger partial charge on any atom is 0.183 e.